The number of amides is 2. The van der Waals surface area contributed by atoms with Crippen LogP contribution in [0.1, 0.15) is 20.7 Å². The fraction of sp³-hybridized carbons (Fsp3) is 0. The molecule has 1 aromatic rings. The standard InChI is InChI=1S/C8H4N4O2.2ClH/c9-11-7(13)5-3-1-2-4-6(5)8(14)12-10;;/h1-4H;2*1H/q+2;;/p-2. The van der Waals surface area contributed by atoms with Gasteiger partial charge in [0.05, 0.1) is 0 Å². The molecule has 0 aromatic heterocycles. The van der Waals surface area contributed by atoms with E-state index in [9.17, 15) is 9.59 Å². The van der Waals surface area contributed by atoms with Crippen LogP contribution in [-0.4, -0.2) is 11.8 Å². The molecule has 82 valence electrons. The van der Waals surface area contributed by atoms with Crippen molar-refractivity contribution in [2.75, 3.05) is 0 Å². The van der Waals surface area contributed by atoms with Gasteiger partial charge in [-0.25, -0.2) is 0 Å². The van der Waals surface area contributed by atoms with Gasteiger partial charge >= 0.3 is 11.8 Å². The Morgan fingerprint density at radius 2 is 1.19 bits per heavy atom. The number of diazo groups is 2. The molecule has 6 nitrogen and oxygen atoms in total. The van der Waals surface area contributed by atoms with Gasteiger partial charge in [0.2, 0.25) is 20.7 Å². The first-order valence-corrected chi connectivity index (χ1v) is 3.58. The van der Waals surface area contributed by atoms with E-state index in [0.29, 0.717) is 0 Å². The highest BCUT2D eigenvalue weighted by Gasteiger charge is 2.31. The highest BCUT2D eigenvalue weighted by Crippen LogP contribution is 2.11. The van der Waals surface area contributed by atoms with E-state index in [0.717, 1.165) is 0 Å². The first-order valence-electron chi connectivity index (χ1n) is 3.58. The lowest BCUT2D eigenvalue weighted by atomic mass is 10.1. The molecule has 0 saturated heterocycles. The molecule has 2 amide bonds. The molecule has 1 aromatic carbocycles. The van der Waals surface area contributed by atoms with Gasteiger partial charge in [-0.05, 0) is 12.1 Å². The van der Waals surface area contributed by atoms with Gasteiger partial charge in [0.15, 0.2) is 0 Å². The molecule has 0 bridgehead atoms. The molecule has 0 aliphatic carbocycles. The molecule has 0 N–H and O–H groups in total. The van der Waals surface area contributed by atoms with Gasteiger partial charge < -0.3 is 24.8 Å². The topological polar surface area (TPSA) is 90.4 Å². The Balaban J connectivity index is 0. The average molecular weight is 259 g/mol. The van der Waals surface area contributed by atoms with Crippen LogP contribution in [0.4, 0.5) is 0 Å². The van der Waals surface area contributed by atoms with Crippen LogP contribution >= 0.6 is 0 Å². The van der Waals surface area contributed by atoms with Crippen LogP contribution in [0, 0.1) is 10.8 Å². The molecule has 0 fully saturated rings. The Hall–Kier alpha value is -2.02. The van der Waals surface area contributed by atoms with Gasteiger partial charge in [-0.15, -0.1) is 0 Å². The number of carbonyl (C=O) groups excluding carboxylic acids is 2. The van der Waals surface area contributed by atoms with Gasteiger partial charge in [0, 0.05) is 0 Å². The molecule has 0 unspecified atom stereocenters. The fourth-order valence-electron chi connectivity index (χ4n) is 0.964. The van der Waals surface area contributed by atoms with Crippen molar-refractivity contribution in [3.63, 3.8) is 0 Å². The zero-order valence-electron chi connectivity index (χ0n) is 7.67. The smallest absolute Gasteiger partial charge is 0.594 e. The highest BCUT2D eigenvalue weighted by atomic mass is 35.5. The number of benzene rings is 1. The van der Waals surface area contributed by atoms with Crippen LogP contribution in [0.15, 0.2) is 24.3 Å². The monoisotopic (exact) mass is 258 g/mol. The van der Waals surface area contributed by atoms with Crippen molar-refractivity contribution < 1.29 is 34.4 Å². The summed E-state index contributed by atoms with van der Waals surface area (Å²) in [6.45, 7) is 0. The van der Waals surface area contributed by atoms with Gasteiger partial charge in [0.25, 0.3) is 0 Å². The van der Waals surface area contributed by atoms with Crippen molar-refractivity contribution >= 4 is 11.8 Å². The second-order valence-electron chi connectivity index (χ2n) is 2.36. The van der Waals surface area contributed by atoms with Crippen LogP contribution in [0.2, 0.25) is 0 Å². The molecular formula is C8H4Cl2N4O2. The molecule has 0 atom stereocenters. The van der Waals surface area contributed by atoms with E-state index >= 15 is 0 Å². The number of carbonyl (C=O) groups is 2. The molecule has 1 rings (SSSR count). The summed E-state index contributed by atoms with van der Waals surface area (Å²) in [6.07, 6.45) is 0. The second-order valence-corrected chi connectivity index (χ2v) is 2.36. The zero-order chi connectivity index (χ0) is 10.6. The zero-order valence-corrected chi connectivity index (χ0v) is 9.18. The fourth-order valence-corrected chi connectivity index (χ4v) is 0.964. The quantitative estimate of drug-likeness (QED) is 0.502. The molecule has 16 heavy (non-hydrogen) atoms. The third-order valence-corrected chi connectivity index (χ3v) is 1.57. The van der Waals surface area contributed by atoms with Gasteiger partial charge in [-0.3, -0.25) is 0 Å². The van der Waals surface area contributed by atoms with Crippen LogP contribution in [-0.2, 0) is 0 Å². The lowest BCUT2D eigenvalue weighted by Gasteiger charge is -1.87. The molecule has 8 heteroatoms. The van der Waals surface area contributed by atoms with Crippen molar-refractivity contribution in [2.45, 2.75) is 0 Å². The molecule has 0 heterocycles. The first-order chi connectivity index (χ1) is 6.70. The van der Waals surface area contributed by atoms with Crippen molar-refractivity contribution in [1.29, 1.82) is 10.8 Å². The minimum Gasteiger partial charge on any atom is -1.00 e. The number of rotatable bonds is 2. The number of nitrogens with zero attached hydrogens (tertiary/aromatic N) is 4. The number of halogens is 2. The van der Waals surface area contributed by atoms with E-state index < -0.39 is 11.8 Å². The average Bonchev–Trinajstić information content (AvgIpc) is 2.27. The number of hydrogen-bond acceptors (Lipinski definition) is 4. The maximum Gasteiger partial charge on any atom is 0.594 e. The highest BCUT2D eigenvalue weighted by molar-refractivity contribution is 6.13. The Labute approximate surface area is 103 Å². The summed E-state index contributed by atoms with van der Waals surface area (Å²) in [5, 5.41) is 16.5. The Kier molecular flexibility index (Phi) is 7.48. The van der Waals surface area contributed by atoms with Crippen LogP contribution in [0.3, 0.4) is 0 Å². The SMILES string of the molecule is N#[N+]C(=O)c1ccccc1C(=O)[N+]#N.[Cl-].[Cl-]. The number of hydrogen-bond donors (Lipinski definition) is 0. The molecule has 0 spiro atoms. The summed E-state index contributed by atoms with van der Waals surface area (Å²) in [6, 6.07) is 5.57. The maximum atomic E-state index is 11.0. The molecule has 0 saturated carbocycles. The van der Waals surface area contributed by atoms with Gasteiger partial charge in [-0.2, -0.15) is 9.59 Å². The third kappa shape index (κ3) is 3.28. The second kappa shape index (κ2) is 7.30. The summed E-state index contributed by atoms with van der Waals surface area (Å²) in [5.74, 6) is -1.92. The third-order valence-electron chi connectivity index (χ3n) is 1.57. The summed E-state index contributed by atoms with van der Waals surface area (Å²) >= 11 is 0. The predicted molar refractivity (Wildman–Crippen MR) is 45.3 cm³/mol. The minimum absolute atomic E-state index is 0. The Morgan fingerprint density at radius 1 is 0.875 bits per heavy atom. The van der Waals surface area contributed by atoms with E-state index in [1.165, 1.54) is 24.3 Å². The molecule has 0 aliphatic rings. The predicted octanol–water partition coefficient (Wildman–Crippen LogP) is -4.32. The van der Waals surface area contributed by atoms with E-state index in [1.807, 2.05) is 0 Å². The van der Waals surface area contributed by atoms with Gasteiger partial charge in [0.1, 0.15) is 11.1 Å². The molecule has 0 aliphatic heterocycles. The normalized spacial score (nSPS) is 7.38. The summed E-state index contributed by atoms with van der Waals surface area (Å²) in [7, 11) is 0. The van der Waals surface area contributed by atoms with E-state index in [4.69, 9.17) is 10.8 Å². The van der Waals surface area contributed by atoms with Crippen molar-refractivity contribution in [1.82, 2.24) is 0 Å². The van der Waals surface area contributed by atoms with Crippen LogP contribution < -0.4 is 24.8 Å². The van der Waals surface area contributed by atoms with Crippen molar-refractivity contribution in [2.24, 2.45) is 0 Å². The van der Waals surface area contributed by atoms with Crippen LogP contribution in [0.25, 0.3) is 9.95 Å². The molecular weight excluding hydrogens is 255 g/mol. The summed E-state index contributed by atoms with van der Waals surface area (Å²) < 4.78 is 0. The Morgan fingerprint density at radius 3 is 1.44 bits per heavy atom. The largest absolute Gasteiger partial charge is 1.00 e. The van der Waals surface area contributed by atoms with Gasteiger partial charge in [-0.1, -0.05) is 12.1 Å². The van der Waals surface area contributed by atoms with E-state index in [-0.39, 0.29) is 35.9 Å². The lowest BCUT2D eigenvalue weighted by molar-refractivity contribution is -0.00100. The first kappa shape index (κ1) is 16.4. The maximum absolute atomic E-state index is 11.0. The summed E-state index contributed by atoms with van der Waals surface area (Å²) in [5.41, 5.74) is -0.226. The lowest BCUT2D eigenvalue weighted by Crippen LogP contribution is -3.00. The van der Waals surface area contributed by atoms with Crippen LogP contribution in [0.5, 0.6) is 0 Å². The van der Waals surface area contributed by atoms with E-state index in [1.54, 1.807) is 0 Å². The van der Waals surface area contributed by atoms with E-state index in [2.05, 4.69) is 9.95 Å². The van der Waals surface area contributed by atoms with Crippen molar-refractivity contribution in [3.8, 4) is 0 Å². The molecule has 0 radical (unpaired) electrons. The summed E-state index contributed by atoms with van der Waals surface area (Å²) in [4.78, 5) is 26.8. The van der Waals surface area contributed by atoms with Crippen molar-refractivity contribution in [3.05, 3.63) is 45.3 Å². The minimum atomic E-state index is -0.961. The Bertz CT molecular complexity index is 445.